The molecule has 2 N–H and O–H groups in total. The van der Waals surface area contributed by atoms with Gasteiger partial charge in [-0.1, -0.05) is 37.7 Å². The lowest BCUT2D eigenvalue weighted by Gasteiger charge is -2.32. The lowest BCUT2D eigenvalue weighted by atomic mass is 9.97. The van der Waals surface area contributed by atoms with Gasteiger partial charge in [0.2, 0.25) is 11.8 Å². The average Bonchev–Trinajstić information content (AvgIpc) is 2.61. The zero-order valence-corrected chi connectivity index (χ0v) is 16.5. The largest absolute Gasteiger partial charge is 0.356 e. The second kappa shape index (κ2) is 10.6. The van der Waals surface area contributed by atoms with Crippen LogP contribution in [0.15, 0.2) is 29.2 Å². The number of carbonyl (C=O) groups is 2. The van der Waals surface area contributed by atoms with Crippen molar-refractivity contribution in [2.24, 2.45) is 11.8 Å². The van der Waals surface area contributed by atoms with E-state index in [-0.39, 0.29) is 24.3 Å². The molecule has 1 aromatic carbocycles. The molecule has 1 saturated heterocycles. The predicted octanol–water partition coefficient (Wildman–Crippen LogP) is 3.42. The zero-order chi connectivity index (χ0) is 19.8. The molecule has 1 aliphatic heterocycles. The van der Waals surface area contributed by atoms with E-state index in [2.05, 4.69) is 10.6 Å². The maximum Gasteiger partial charge on any atom is 0.288 e. The highest BCUT2D eigenvalue weighted by atomic mass is 32.2. The number of anilines is 1. The minimum Gasteiger partial charge on any atom is -0.356 e. The summed E-state index contributed by atoms with van der Waals surface area (Å²) in [6.45, 7) is 6.09. The summed E-state index contributed by atoms with van der Waals surface area (Å²) in [6.07, 6.45) is 1.98. The van der Waals surface area contributed by atoms with Gasteiger partial charge in [-0.2, -0.15) is 8.78 Å². The van der Waals surface area contributed by atoms with Gasteiger partial charge in [0, 0.05) is 23.9 Å². The van der Waals surface area contributed by atoms with Crippen molar-refractivity contribution in [3.05, 3.63) is 24.3 Å². The van der Waals surface area contributed by atoms with E-state index in [9.17, 15) is 18.4 Å². The first kappa shape index (κ1) is 21.6. The number of para-hydroxylation sites is 1. The SMILES string of the molecule is CC(C)C(=O)NCC1CCCN(CC(=O)Nc2ccccc2SC(F)F)C1. The Morgan fingerprint density at radius 1 is 1.30 bits per heavy atom. The van der Waals surface area contributed by atoms with Crippen LogP contribution in [0.25, 0.3) is 0 Å². The molecule has 0 bridgehead atoms. The number of alkyl halides is 2. The molecule has 8 heteroatoms. The average molecular weight is 400 g/mol. The van der Waals surface area contributed by atoms with E-state index < -0.39 is 5.76 Å². The van der Waals surface area contributed by atoms with Crippen LogP contribution < -0.4 is 10.6 Å². The highest BCUT2D eigenvalue weighted by Crippen LogP contribution is 2.31. The summed E-state index contributed by atoms with van der Waals surface area (Å²) in [5, 5.41) is 5.69. The Morgan fingerprint density at radius 3 is 2.74 bits per heavy atom. The highest BCUT2D eigenvalue weighted by molar-refractivity contribution is 7.99. The molecule has 150 valence electrons. The van der Waals surface area contributed by atoms with Crippen LogP contribution >= 0.6 is 11.8 Å². The van der Waals surface area contributed by atoms with Gasteiger partial charge in [0.15, 0.2) is 0 Å². The van der Waals surface area contributed by atoms with Gasteiger partial charge < -0.3 is 10.6 Å². The van der Waals surface area contributed by atoms with Crippen LogP contribution in [0.5, 0.6) is 0 Å². The molecule has 0 radical (unpaired) electrons. The third-order valence-electron chi connectivity index (χ3n) is 4.44. The van der Waals surface area contributed by atoms with Gasteiger partial charge in [-0.05, 0) is 37.4 Å². The van der Waals surface area contributed by atoms with Crippen molar-refractivity contribution >= 4 is 29.3 Å². The Balaban J connectivity index is 1.84. The summed E-state index contributed by atoms with van der Waals surface area (Å²) in [4.78, 5) is 26.5. The van der Waals surface area contributed by atoms with E-state index in [1.54, 1.807) is 24.3 Å². The summed E-state index contributed by atoms with van der Waals surface area (Å²) in [7, 11) is 0. The number of thioether (sulfide) groups is 1. The van der Waals surface area contributed by atoms with Crippen molar-refractivity contribution < 1.29 is 18.4 Å². The van der Waals surface area contributed by atoms with Gasteiger partial charge in [-0.25, -0.2) is 0 Å². The van der Waals surface area contributed by atoms with Gasteiger partial charge in [0.25, 0.3) is 5.76 Å². The molecule has 1 fully saturated rings. The quantitative estimate of drug-likeness (QED) is 0.658. The van der Waals surface area contributed by atoms with Crippen molar-refractivity contribution in [3.8, 4) is 0 Å². The van der Waals surface area contributed by atoms with Crippen molar-refractivity contribution in [1.29, 1.82) is 0 Å². The van der Waals surface area contributed by atoms with Crippen LogP contribution in [0.1, 0.15) is 26.7 Å². The Morgan fingerprint density at radius 2 is 2.04 bits per heavy atom. The molecule has 1 atom stereocenters. The van der Waals surface area contributed by atoms with E-state index in [1.807, 2.05) is 18.7 Å². The first-order valence-corrected chi connectivity index (χ1v) is 10.1. The summed E-state index contributed by atoms with van der Waals surface area (Å²) in [5.41, 5.74) is 0.408. The first-order chi connectivity index (χ1) is 12.8. The van der Waals surface area contributed by atoms with Crippen LogP contribution in [-0.2, 0) is 9.59 Å². The molecule has 1 unspecified atom stereocenters. The molecule has 2 amide bonds. The highest BCUT2D eigenvalue weighted by Gasteiger charge is 2.23. The van der Waals surface area contributed by atoms with E-state index in [1.165, 1.54) is 0 Å². The van der Waals surface area contributed by atoms with Crippen LogP contribution in [0, 0.1) is 11.8 Å². The number of rotatable bonds is 8. The Bertz CT molecular complexity index is 643. The number of piperidine rings is 1. The number of nitrogens with one attached hydrogen (secondary N) is 2. The van der Waals surface area contributed by atoms with E-state index in [0.717, 1.165) is 25.9 Å². The molecule has 0 spiro atoms. The second-order valence-electron chi connectivity index (χ2n) is 7.07. The zero-order valence-electron chi connectivity index (χ0n) is 15.7. The fraction of sp³-hybridized carbons (Fsp3) is 0.579. The molecule has 5 nitrogen and oxygen atoms in total. The van der Waals surface area contributed by atoms with Gasteiger partial charge in [-0.15, -0.1) is 0 Å². The van der Waals surface area contributed by atoms with E-state index >= 15 is 0 Å². The maximum atomic E-state index is 12.6. The van der Waals surface area contributed by atoms with E-state index in [4.69, 9.17) is 0 Å². The summed E-state index contributed by atoms with van der Waals surface area (Å²) < 4.78 is 25.3. The summed E-state index contributed by atoms with van der Waals surface area (Å²) in [5.74, 6) is -2.44. The standard InChI is InChI=1S/C19H27F2N3O2S/c1-13(2)18(26)22-10-14-6-5-9-24(11-14)12-17(25)23-15-7-3-4-8-16(15)27-19(20)21/h3-4,7-8,13-14,19H,5-6,9-12H2,1-2H3,(H,22,26)(H,23,25). The third kappa shape index (κ3) is 7.46. The minimum atomic E-state index is -2.54. The van der Waals surface area contributed by atoms with Gasteiger partial charge in [0.1, 0.15) is 0 Å². The first-order valence-electron chi connectivity index (χ1n) is 9.19. The molecule has 2 rings (SSSR count). The maximum absolute atomic E-state index is 12.6. The molecule has 0 saturated carbocycles. The van der Waals surface area contributed by atoms with Crippen LogP contribution in [0.2, 0.25) is 0 Å². The fourth-order valence-electron chi connectivity index (χ4n) is 3.07. The molecule has 1 heterocycles. The molecule has 27 heavy (non-hydrogen) atoms. The molecular weight excluding hydrogens is 372 g/mol. The van der Waals surface area contributed by atoms with E-state index in [0.29, 0.717) is 34.8 Å². The topological polar surface area (TPSA) is 61.4 Å². The summed E-state index contributed by atoms with van der Waals surface area (Å²) in [6, 6.07) is 6.57. The van der Waals surface area contributed by atoms with Crippen LogP contribution in [0.4, 0.5) is 14.5 Å². The number of hydrogen-bond acceptors (Lipinski definition) is 4. The fourth-order valence-corrected chi connectivity index (χ4v) is 3.67. The lowest BCUT2D eigenvalue weighted by Crippen LogP contribution is -2.44. The minimum absolute atomic E-state index is 0.0398. The number of amides is 2. The molecule has 0 aromatic heterocycles. The van der Waals surface area contributed by atoms with Crippen molar-refractivity contribution in [1.82, 2.24) is 10.2 Å². The third-order valence-corrected chi connectivity index (χ3v) is 5.22. The Labute approximate surface area is 163 Å². The van der Waals surface area contributed by atoms with Gasteiger partial charge >= 0.3 is 0 Å². The van der Waals surface area contributed by atoms with Crippen LogP contribution in [-0.4, -0.2) is 48.7 Å². The smallest absolute Gasteiger partial charge is 0.288 e. The number of benzene rings is 1. The predicted molar refractivity (Wildman–Crippen MR) is 104 cm³/mol. The molecule has 1 aliphatic rings. The molecule has 1 aromatic rings. The summed E-state index contributed by atoms with van der Waals surface area (Å²) >= 11 is 0.423. The van der Waals surface area contributed by atoms with Crippen LogP contribution in [0.3, 0.4) is 0 Å². The number of nitrogens with zero attached hydrogens (tertiary/aromatic N) is 1. The monoisotopic (exact) mass is 399 g/mol. The Hall–Kier alpha value is -1.67. The van der Waals surface area contributed by atoms with Crippen molar-refractivity contribution in [2.75, 3.05) is 31.5 Å². The van der Waals surface area contributed by atoms with Gasteiger partial charge in [-0.3, -0.25) is 14.5 Å². The number of hydrogen-bond donors (Lipinski definition) is 2. The Kier molecular flexibility index (Phi) is 8.50. The number of carbonyl (C=O) groups excluding carboxylic acids is 2. The molecule has 0 aliphatic carbocycles. The lowest BCUT2D eigenvalue weighted by molar-refractivity contribution is -0.124. The molecular formula is C19H27F2N3O2S. The normalized spacial score (nSPS) is 17.9. The van der Waals surface area contributed by atoms with Crippen molar-refractivity contribution in [3.63, 3.8) is 0 Å². The number of likely N-dealkylation sites (tertiary alicyclic amines) is 1. The van der Waals surface area contributed by atoms with Gasteiger partial charge in [0.05, 0.1) is 12.2 Å². The second-order valence-corrected chi connectivity index (χ2v) is 8.10. The van der Waals surface area contributed by atoms with Crippen molar-refractivity contribution in [2.45, 2.75) is 37.3 Å². The number of halogens is 2.